The molecule has 0 unspecified atom stereocenters. The number of phenols is 1. The van der Waals surface area contributed by atoms with Crippen molar-refractivity contribution in [2.24, 2.45) is 0 Å². The van der Waals surface area contributed by atoms with E-state index in [2.05, 4.69) is 9.97 Å². The minimum absolute atomic E-state index is 0.156. The molecule has 1 heterocycles. The van der Waals surface area contributed by atoms with Gasteiger partial charge in [0, 0.05) is 6.07 Å². The SMILES string of the molecule is O=Cc1nc2ccc(O)cc2[nH]1. The highest BCUT2D eigenvalue weighted by Gasteiger charge is 2.00. The molecule has 0 radical (unpaired) electrons. The molecule has 0 fully saturated rings. The topological polar surface area (TPSA) is 66.0 Å². The van der Waals surface area contributed by atoms with Crippen molar-refractivity contribution in [3.05, 3.63) is 24.0 Å². The van der Waals surface area contributed by atoms with Gasteiger partial charge in [-0.2, -0.15) is 0 Å². The number of nitrogens with zero attached hydrogens (tertiary/aromatic N) is 1. The van der Waals surface area contributed by atoms with Crippen LogP contribution in [0.3, 0.4) is 0 Å². The standard InChI is InChI=1S/C8H6N2O2/c11-4-8-9-6-2-1-5(12)3-7(6)10-8/h1-4,12H,(H,9,10). The number of hydrogen-bond donors (Lipinski definition) is 2. The Morgan fingerprint density at radius 1 is 1.50 bits per heavy atom. The number of rotatable bonds is 1. The summed E-state index contributed by atoms with van der Waals surface area (Å²) in [6.45, 7) is 0. The Kier molecular flexibility index (Phi) is 1.33. The van der Waals surface area contributed by atoms with Crippen molar-refractivity contribution in [2.45, 2.75) is 0 Å². The van der Waals surface area contributed by atoms with E-state index in [1.165, 1.54) is 12.1 Å². The van der Waals surface area contributed by atoms with Gasteiger partial charge in [0.15, 0.2) is 12.1 Å². The van der Waals surface area contributed by atoms with Crippen molar-refractivity contribution in [3.8, 4) is 5.75 Å². The zero-order valence-corrected chi connectivity index (χ0v) is 6.11. The summed E-state index contributed by atoms with van der Waals surface area (Å²) in [5, 5.41) is 9.08. The maximum atomic E-state index is 10.3. The molecule has 4 heteroatoms. The van der Waals surface area contributed by atoms with Gasteiger partial charge in [0.2, 0.25) is 0 Å². The Hall–Kier alpha value is -1.84. The summed E-state index contributed by atoms with van der Waals surface area (Å²) in [6, 6.07) is 4.70. The van der Waals surface area contributed by atoms with Gasteiger partial charge in [-0.05, 0) is 12.1 Å². The lowest BCUT2D eigenvalue weighted by atomic mass is 10.3. The molecular formula is C8H6N2O2. The van der Waals surface area contributed by atoms with E-state index < -0.39 is 0 Å². The van der Waals surface area contributed by atoms with Gasteiger partial charge in [-0.25, -0.2) is 4.98 Å². The van der Waals surface area contributed by atoms with Crippen LogP contribution in [0.5, 0.6) is 5.75 Å². The lowest BCUT2D eigenvalue weighted by molar-refractivity contribution is 0.111. The Morgan fingerprint density at radius 3 is 3.08 bits per heavy atom. The molecule has 0 aliphatic carbocycles. The highest BCUT2D eigenvalue weighted by molar-refractivity contribution is 5.82. The van der Waals surface area contributed by atoms with Crippen LogP contribution in [0, 0.1) is 0 Å². The lowest BCUT2D eigenvalue weighted by Crippen LogP contribution is -1.78. The van der Waals surface area contributed by atoms with E-state index >= 15 is 0 Å². The minimum Gasteiger partial charge on any atom is -0.508 e. The van der Waals surface area contributed by atoms with Crippen molar-refractivity contribution in [3.63, 3.8) is 0 Å². The fraction of sp³-hybridized carbons (Fsp3) is 0. The van der Waals surface area contributed by atoms with Crippen LogP contribution in [0.15, 0.2) is 18.2 Å². The molecule has 0 atom stereocenters. The van der Waals surface area contributed by atoms with Crippen LogP contribution in [-0.2, 0) is 0 Å². The number of fused-ring (bicyclic) bond motifs is 1. The molecule has 0 spiro atoms. The number of hydrogen-bond acceptors (Lipinski definition) is 3. The number of H-pyrrole nitrogens is 1. The van der Waals surface area contributed by atoms with Gasteiger partial charge in [-0.1, -0.05) is 0 Å². The number of phenolic OH excluding ortho intramolecular Hbond substituents is 1. The highest BCUT2D eigenvalue weighted by atomic mass is 16.3. The maximum absolute atomic E-state index is 10.3. The maximum Gasteiger partial charge on any atom is 0.185 e. The van der Waals surface area contributed by atoms with Crippen molar-refractivity contribution in [1.82, 2.24) is 9.97 Å². The average Bonchev–Trinajstić information content (AvgIpc) is 2.46. The number of aromatic hydroxyl groups is 1. The molecule has 60 valence electrons. The Balaban J connectivity index is 2.75. The van der Waals surface area contributed by atoms with Gasteiger partial charge in [0.05, 0.1) is 11.0 Å². The van der Waals surface area contributed by atoms with Crippen LogP contribution < -0.4 is 0 Å². The molecule has 0 saturated carbocycles. The predicted molar refractivity (Wildman–Crippen MR) is 43.1 cm³/mol. The fourth-order valence-corrected chi connectivity index (χ4v) is 1.07. The largest absolute Gasteiger partial charge is 0.508 e. The normalized spacial score (nSPS) is 10.3. The van der Waals surface area contributed by atoms with E-state index in [9.17, 15) is 4.79 Å². The zero-order valence-electron chi connectivity index (χ0n) is 6.11. The van der Waals surface area contributed by atoms with Gasteiger partial charge < -0.3 is 10.1 Å². The number of aromatic nitrogens is 2. The molecule has 0 saturated heterocycles. The molecule has 4 nitrogen and oxygen atoms in total. The molecule has 0 aliphatic rings. The summed E-state index contributed by atoms with van der Waals surface area (Å²) in [5.74, 6) is 0.430. The van der Waals surface area contributed by atoms with E-state index in [1.807, 2.05) is 0 Å². The number of aldehydes is 1. The number of benzene rings is 1. The molecule has 0 bridgehead atoms. The Labute approximate surface area is 67.9 Å². The van der Waals surface area contributed by atoms with Crippen LogP contribution in [0.25, 0.3) is 11.0 Å². The van der Waals surface area contributed by atoms with Crippen molar-refractivity contribution in [2.75, 3.05) is 0 Å². The van der Waals surface area contributed by atoms with Gasteiger partial charge >= 0.3 is 0 Å². The number of aromatic amines is 1. The summed E-state index contributed by atoms with van der Waals surface area (Å²) in [5.41, 5.74) is 1.34. The van der Waals surface area contributed by atoms with E-state index in [1.54, 1.807) is 6.07 Å². The molecule has 1 aromatic heterocycles. The zero-order chi connectivity index (χ0) is 8.55. The molecule has 1 aromatic carbocycles. The van der Waals surface area contributed by atoms with Gasteiger partial charge in [-0.15, -0.1) is 0 Å². The van der Waals surface area contributed by atoms with Crippen molar-refractivity contribution >= 4 is 17.3 Å². The molecule has 0 amide bonds. The van der Waals surface area contributed by atoms with Crippen LogP contribution in [0.2, 0.25) is 0 Å². The van der Waals surface area contributed by atoms with Crippen molar-refractivity contribution < 1.29 is 9.90 Å². The van der Waals surface area contributed by atoms with Crippen molar-refractivity contribution in [1.29, 1.82) is 0 Å². The summed E-state index contributed by atoms with van der Waals surface area (Å²) in [6.07, 6.45) is 0.636. The monoisotopic (exact) mass is 162 g/mol. The average molecular weight is 162 g/mol. The third kappa shape index (κ3) is 0.934. The second kappa shape index (κ2) is 2.34. The van der Waals surface area contributed by atoms with Gasteiger partial charge in [-0.3, -0.25) is 4.79 Å². The van der Waals surface area contributed by atoms with E-state index in [0.717, 1.165) is 0 Å². The first-order chi connectivity index (χ1) is 5.79. The number of imidazole rings is 1. The highest BCUT2D eigenvalue weighted by Crippen LogP contribution is 2.16. The second-order valence-corrected chi connectivity index (χ2v) is 2.44. The van der Waals surface area contributed by atoms with E-state index in [-0.39, 0.29) is 11.6 Å². The van der Waals surface area contributed by atoms with E-state index in [4.69, 9.17) is 5.11 Å². The van der Waals surface area contributed by atoms with Crippen LogP contribution >= 0.6 is 0 Å². The number of carbonyl (C=O) groups excluding carboxylic acids is 1. The molecule has 0 aliphatic heterocycles. The molecule has 12 heavy (non-hydrogen) atoms. The predicted octanol–water partition coefficient (Wildman–Crippen LogP) is 1.08. The summed E-state index contributed by atoms with van der Waals surface area (Å²) < 4.78 is 0. The third-order valence-corrected chi connectivity index (χ3v) is 1.60. The molecule has 2 N–H and O–H groups in total. The fourth-order valence-electron chi connectivity index (χ4n) is 1.07. The first-order valence-electron chi connectivity index (χ1n) is 3.43. The summed E-state index contributed by atoms with van der Waals surface area (Å²) in [7, 11) is 0. The Bertz CT molecular complexity index is 434. The number of nitrogens with one attached hydrogen (secondary N) is 1. The Morgan fingerprint density at radius 2 is 2.33 bits per heavy atom. The van der Waals surface area contributed by atoms with Crippen LogP contribution in [0.4, 0.5) is 0 Å². The first-order valence-corrected chi connectivity index (χ1v) is 3.43. The van der Waals surface area contributed by atoms with Gasteiger partial charge in [0.25, 0.3) is 0 Å². The number of carbonyl (C=O) groups is 1. The quantitative estimate of drug-likeness (QED) is 0.616. The van der Waals surface area contributed by atoms with Gasteiger partial charge in [0.1, 0.15) is 5.75 Å². The molecular weight excluding hydrogens is 156 g/mol. The summed E-state index contributed by atoms with van der Waals surface area (Å²) >= 11 is 0. The first kappa shape index (κ1) is 6.84. The minimum atomic E-state index is 0.156. The van der Waals surface area contributed by atoms with Crippen LogP contribution in [-0.4, -0.2) is 21.4 Å². The third-order valence-electron chi connectivity index (χ3n) is 1.60. The lowest BCUT2D eigenvalue weighted by Gasteiger charge is -1.88. The van der Waals surface area contributed by atoms with E-state index in [0.29, 0.717) is 17.3 Å². The summed E-state index contributed by atoms with van der Waals surface area (Å²) in [4.78, 5) is 17.0. The smallest absolute Gasteiger partial charge is 0.185 e. The molecule has 2 rings (SSSR count). The van der Waals surface area contributed by atoms with Crippen LogP contribution in [0.1, 0.15) is 10.6 Å². The molecule has 2 aromatic rings. The second-order valence-electron chi connectivity index (χ2n) is 2.44.